The predicted octanol–water partition coefficient (Wildman–Crippen LogP) is 3.15. The Hall–Kier alpha value is -0.410. The Morgan fingerprint density at radius 1 is 1.62 bits per heavy atom. The number of alkyl halides is 1. The number of nitrogens with zero attached hydrogens (tertiary/aromatic N) is 2. The van der Waals surface area contributed by atoms with Gasteiger partial charge in [0.15, 0.2) is 0 Å². The molecule has 4 heteroatoms. The van der Waals surface area contributed by atoms with Gasteiger partial charge in [-0.05, 0) is 24.1 Å². The van der Waals surface area contributed by atoms with E-state index in [1.54, 1.807) is 0 Å². The fourth-order valence-electron chi connectivity index (χ4n) is 1.89. The third-order valence-electron chi connectivity index (χ3n) is 2.88. The van der Waals surface area contributed by atoms with E-state index in [9.17, 15) is 0 Å². The van der Waals surface area contributed by atoms with Gasteiger partial charge in [0.1, 0.15) is 5.82 Å². The van der Waals surface area contributed by atoms with E-state index >= 15 is 0 Å². The first-order valence-corrected chi connectivity index (χ1v) is 7.29. The van der Waals surface area contributed by atoms with Crippen LogP contribution >= 0.6 is 23.4 Å². The molecule has 0 amide bonds. The smallest absolute Gasteiger partial charge is 0.128 e. The van der Waals surface area contributed by atoms with Crippen LogP contribution in [0.15, 0.2) is 18.3 Å². The van der Waals surface area contributed by atoms with Gasteiger partial charge in [0.25, 0.3) is 0 Å². The Balaban J connectivity index is 2.10. The lowest BCUT2D eigenvalue weighted by Crippen LogP contribution is -2.38. The van der Waals surface area contributed by atoms with Crippen molar-refractivity contribution in [1.82, 2.24) is 4.98 Å². The molecule has 0 aromatic carbocycles. The summed E-state index contributed by atoms with van der Waals surface area (Å²) < 4.78 is 0. The number of pyridine rings is 1. The Morgan fingerprint density at radius 2 is 2.50 bits per heavy atom. The maximum atomic E-state index is 5.84. The number of rotatable bonds is 3. The van der Waals surface area contributed by atoms with Crippen LogP contribution in [0, 0.1) is 0 Å². The first-order chi connectivity index (χ1) is 7.83. The minimum Gasteiger partial charge on any atom is -0.355 e. The molecular weight excluding hydrogens is 240 g/mol. The summed E-state index contributed by atoms with van der Waals surface area (Å²) in [6.07, 6.45) is 3.09. The SMILES string of the molecule is CCC1CN(c2cc(CCl)ccn2)CCS1. The van der Waals surface area contributed by atoms with Crippen molar-refractivity contribution in [2.45, 2.75) is 24.5 Å². The molecule has 1 aromatic heterocycles. The van der Waals surface area contributed by atoms with Crippen LogP contribution in [-0.2, 0) is 5.88 Å². The molecule has 88 valence electrons. The molecule has 1 aliphatic heterocycles. The number of hydrogen-bond donors (Lipinski definition) is 0. The van der Waals surface area contributed by atoms with Gasteiger partial charge in [0, 0.05) is 36.2 Å². The van der Waals surface area contributed by atoms with Gasteiger partial charge in [-0.25, -0.2) is 4.98 Å². The Bertz CT molecular complexity index is 346. The highest BCUT2D eigenvalue weighted by atomic mass is 35.5. The third kappa shape index (κ3) is 2.83. The quantitative estimate of drug-likeness (QED) is 0.773. The number of anilines is 1. The second kappa shape index (κ2) is 5.78. The van der Waals surface area contributed by atoms with Crippen LogP contribution in [0.4, 0.5) is 5.82 Å². The molecule has 1 atom stereocenters. The summed E-state index contributed by atoms with van der Waals surface area (Å²) in [7, 11) is 0. The van der Waals surface area contributed by atoms with Crippen LogP contribution in [0.25, 0.3) is 0 Å². The van der Waals surface area contributed by atoms with E-state index in [0.717, 1.165) is 29.7 Å². The first-order valence-electron chi connectivity index (χ1n) is 5.71. The maximum Gasteiger partial charge on any atom is 0.128 e. The minimum atomic E-state index is 0.565. The molecule has 1 aromatic rings. The van der Waals surface area contributed by atoms with Crippen LogP contribution in [-0.4, -0.2) is 29.1 Å². The Labute approximate surface area is 106 Å². The van der Waals surface area contributed by atoms with Gasteiger partial charge in [0.2, 0.25) is 0 Å². The van der Waals surface area contributed by atoms with E-state index < -0.39 is 0 Å². The predicted molar refractivity (Wildman–Crippen MR) is 72.5 cm³/mol. The Morgan fingerprint density at radius 3 is 3.25 bits per heavy atom. The molecule has 0 radical (unpaired) electrons. The maximum absolute atomic E-state index is 5.84. The topological polar surface area (TPSA) is 16.1 Å². The highest BCUT2D eigenvalue weighted by Gasteiger charge is 2.19. The zero-order valence-electron chi connectivity index (χ0n) is 9.53. The van der Waals surface area contributed by atoms with Crippen LogP contribution < -0.4 is 4.90 Å². The average molecular weight is 257 g/mol. The van der Waals surface area contributed by atoms with Crippen molar-refractivity contribution in [3.8, 4) is 0 Å². The van der Waals surface area contributed by atoms with Gasteiger partial charge < -0.3 is 4.90 Å². The first kappa shape index (κ1) is 12.1. The van der Waals surface area contributed by atoms with Crippen LogP contribution in [0.5, 0.6) is 0 Å². The fraction of sp³-hybridized carbons (Fsp3) is 0.583. The van der Waals surface area contributed by atoms with Crippen molar-refractivity contribution < 1.29 is 0 Å². The molecule has 1 unspecified atom stereocenters. The van der Waals surface area contributed by atoms with Gasteiger partial charge in [0.05, 0.1) is 0 Å². The summed E-state index contributed by atoms with van der Waals surface area (Å²) in [6, 6.07) is 4.09. The van der Waals surface area contributed by atoms with Crippen LogP contribution in [0.2, 0.25) is 0 Å². The minimum absolute atomic E-state index is 0.565. The van der Waals surface area contributed by atoms with Crippen LogP contribution in [0.3, 0.4) is 0 Å². The molecule has 1 fully saturated rings. The number of halogens is 1. The fourth-order valence-corrected chi connectivity index (χ4v) is 3.24. The molecule has 2 heterocycles. The van der Waals surface area contributed by atoms with Crippen molar-refractivity contribution in [3.63, 3.8) is 0 Å². The van der Waals surface area contributed by atoms with Crippen molar-refractivity contribution in [1.29, 1.82) is 0 Å². The van der Waals surface area contributed by atoms with Crippen molar-refractivity contribution in [2.24, 2.45) is 0 Å². The van der Waals surface area contributed by atoms with Gasteiger partial charge in [-0.3, -0.25) is 0 Å². The standard InChI is InChI=1S/C12H17ClN2S/c1-2-11-9-15(5-6-16-11)12-7-10(8-13)3-4-14-12/h3-4,7,11H,2,5-6,8-9H2,1H3. The third-order valence-corrected chi connectivity index (χ3v) is 4.56. The summed E-state index contributed by atoms with van der Waals surface area (Å²) in [5.41, 5.74) is 1.15. The molecule has 0 aliphatic carbocycles. The van der Waals surface area contributed by atoms with E-state index in [4.69, 9.17) is 11.6 Å². The number of thioether (sulfide) groups is 1. The van der Waals surface area contributed by atoms with Gasteiger partial charge in [-0.2, -0.15) is 11.8 Å². The summed E-state index contributed by atoms with van der Waals surface area (Å²) in [6.45, 7) is 4.46. The van der Waals surface area contributed by atoms with Crippen LogP contribution in [0.1, 0.15) is 18.9 Å². The highest BCUT2D eigenvalue weighted by molar-refractivity contribution is 8.00. The molecule has 2 rings (SSSR count). The zero-order valence-corrected chi connectivity index (χ0v) is 11.1. The van der Waals surface area contributed by atoms with Crippen molar-refractivity contribution in [3.05, 3.63) is 23.9 Å². The van der Waals surface area contributed by atoms with Gasteiger partial charge >= 0.3 is 0 Å². The second-order valence-corrected chi connectivity index (χ2v) is 5.68. The van der Waals surface area contributed by atoms with Gasteiger partial charge in [-0.1, -0.05) is 6.92 Å². The molecule has 2 nitrogen and oxygen atoms in total. The molecular formula is C12H17ClN2S. The normalized spacial score (nSPS) is 21.1. The summed E-state index contributed by atoms with van der Waals surface area (Å²) in [5, 5.41) is 0.746. The van der Waals surface area contributed by atoms with E-state index in [1.165, 1.54) is 12.2 Å². The summed E-state index contributed by atoms with van der Waals surface area (Å²) in [4.78, 5) is 6.81. The molecule has 16 heavy (non-hydrogen) atoms. The van der Waals surface area contributed by atoms with E-state index in [1.807, 2.05) is 12.3 Å². The van der Waals surface area contributed by atoms with E-state index in [0.29, 0.717) is 5.88 Å². The second-order valence-electron chi connectivity index (χ2n) is 4.00. The monoisotopic (exact) mass is 256 g/mol. The lowest BCUT2D eigenvalue weighted by atomic mass is 10.2. The van der Waals surface area contributed by atoms with Crippen molar-refractivity contribution in [2.75, 3.05) is 23.7 Å². The highest BCUT2D eigenvalue weighted by Crippen LogP contribution is 2.25. The molecule has 1 aliphatic rings. The summed E-state index contributed by atoms with van der Waals surface area (Å²) in [5.74, 6) is 2.84. The lowest BCUT2D eigenvalue weighted by molar-refractivity contribution is 0.719. The molecule has 0 N–H and O–H groups in total. The van der Waals surface area contributed by atoms with E-state index in [-0.39, 0.29) is 0 Å². The number of aromatic nitrogens is 1. The number of hydrogen-bond acceptors (Lipinski definition) is 3. The van der Waals surface area contributed by atoms with Gasteiger partial charge in [-0.15, -0.1) is 11.6 Å². The van der Waals surface area contributed by atoms with Crippen molar-refractivity contribution >= 4 is 29.2 Å². The molecule has 0 bridgehead atoms. The molecule has 1 saturated heterocycles. The lowest BCUT2D eigenvalue weighted by Gasteiger charge is -2.32. The summed E-state index contributed by atoms with van der Waals surface area (Å²) >= 11 is 7.92. The molecule has 0 saturated carbocycles. The molecule has 0 spiro atoms. The average Bonchev–Trinajstić information content (AvgIpc) is 2.39. The zero-order chi connectivity index (χ0) is 11.4. The Kier molecular flexibility index (Phi) is 4.36. The largest absolute Gasteiger partial charge is 0.355 e. The van der Waals surface area contributed by atoms with E-state index in [2.05, 4.69) is 34.6 Å².